The Morgan fingerprint density at radius 2 is 1.87 bits per heavy atom. The second-order valence-corrected chi connectivity index (χ2v) is 9.43. The van der Waals surface area contributed by atoms with Crippen LogP contribution in [0.15, 0.2) is 58.5 Å². The summed E-state index contributed by atoms with van der Waals surface area (Å²) in [6.45, 7) is 1.29. The number of sulfonamides is 1. The molecule has 0 unspecified atom stereocenters. The SMILES string of the molecule is COc1ccc(N(CC(=O)NN=C2CCN(C)CC2)S(=O)(=O)c2ccccc2)cc1Cl. The second kappa shape index (κ2) is 10.1. The van der Waals surface area contributed by atoms with E-state index in [-0.39, 0.29) is 15.6 Å². The molecule has 31 heavy (non-hydrogen) atoms. The summed E-state index contributed by atoms with van der Waals surface area (Å²) in [6, 6.07) is 12.5. The van der Waals surface area contributed by atoms with Gasteiger partial charge < -0.3 is 9.64 Å². The Morgan fingerprint density at radius 1 is 1.19 bits per heavy atom. The summed E-state index contributed by atoms with van der Waals surface area (Å²) in [7, 11) is -0.521. The molecule has 0 atom stereocenters. The minimum absolute atomic E-state index is 0.0661. The number of nitrogens with one attached hydrogen (secondary N) is 1. The van der Waals surface area contributed by atoms with Crippen LogP contribution in [0, 0.1) is 0 Å². The van der Waals surface area contributed by atoms with Crippen LogP contribution in [-0.2, 0) is 14.8 Å². The summed E-state index contributed by atoms with van der Waals surface area (Å²) in [4.78, 5) is 14.9. The molecule has 1 aliphatic heterocycles. The van der Waals surface area contributed by atoms with E-state index in [9.17, 15) is 13.2 Å². The Labute approximate surface area is 187 Å². The lowest BCUT2D eigenvalue weighted by Crippen LogP contribution is -2.40. The highest BCUT2D eigenvalue weighted by Crippen LogP contribution is 2.31. The molecular formula is C21H25ClN4O4S. The number of amides is 1. The second-order valence-electron chi connectivity index (χ2n) is 7.16. The van der Waals surface area contributed by atoms with Crippen LogP contribution >= 0.6 is 11.6 Å². The quantitative estimate of drug-likeness (QED) is 0.636. The molecule has 0 aromatic heterocycles. The first-order chi connectivity index (χ1) is 14.8. The third-order valence-electron chi connectivity index (χ3n) is 4.94. The van der Waals surface area contributed by atoms with Crippen LogP contribution in [0.25, 0.3) is 0 Å². The number of methoxy groups -OCH3 is 1. The van der Waals surface area contributed by atoms with E-state index in [4.69, 9.17) is 16.3 Å². The van der Waals surface area contributed by atoms with E-state index in [2.05, 4.69) is 15.4 Å². The van der Waals surface area contributed by atoms with Crippen LogP contribution in [0.3, 0.4) is 0 Å². The Kier molecular flexibility index (Phi) is 7.53. The molecule has 166 valence electrons. The van der Waals surface area contributed by atoms with Gasteiger partial charge in [-0.2, -0.15) is 5.10 Å². The van der Waals surface area contributed by atoms with Gasteiger partial charge in [0.2, 0.25) is 0 Å². The maximum Gasteiger partial charge on any atom is 0.264 e. The van der Waals surface area contributed by atoms with Crippen molar-refractivity contribution in [3.05, 3.63) is 53.6 Å². The highest BCUT2D eigenvalue weighted by Gasteiger charge is 2.27. The zero-order valence-electron chi connectivity index (χ0n) is 17.4. The number of hydrogen-bond donors (Lipinski definition) is 1. The van der Waals surface area contributed by atoms with Crippen molar-refractivity contribution in [1.82, 2.24) is 10.3 Å². The Balaban J connectivity index is 1.86. The average Bonchev–Trinajstić information content (AvgIpc) is 2.77. The van der Waals surface area contributed by atoms with Gasteiger partial charge in [-0.1, -0.05) is 29.8 Å². The standard InChI is InChI=1S/C21H25ClN4O4S/c1-25-12-10-16(11-13-25)23-24-21(27)15-26(17-8-9-20(30-2)19(22)14-17)31(28,29)18-6-4-3-5-7-18/h3-9,14H,10-13,15H2,1-2H3,(H,24,27). The number of hydrazone groups is 1. The molecule has 2 aromatic carbocycles. The van der Waals surface area contributed by atoms with Crippen molar-refractivity contribution in [3.63, 3.8) is 0 Å². The van der Waals surface area contributed by atoms with Crippen LogP contribution in [0.5, 0.6) is 5.75 Å². The van der Waals surface area contributed by atoms with Crippen LogP contribution in [-0.4, -0.2) is 58.7 Å². The van der Waals surface area contributed by atoms with Gasteiger partial charge in [0, 0.05) is 31.6 Å². The molecule has 0 spiro atoms. The lowest BCUT2D eigenvalue weighted by Gasteiger charge is -2.25. The van der Waals surface area contributed by atoms with Crippen molar-refractivity contribution >= 4 is 38.9 Å². The number of nitrogens with zero attached hydrogens (tertiary/aromatic N) is 3. The number of ether oxygens (including phenoxy) is 1. The van der Waals surface area contributed by atoms with Gasteiger partial charge in [-0.15, -0.1) is 0 Å². The van der Waals surface area contributed by atoms with Crippen molar-refractivity contribution in [3.8, 4) is 5.75 Å². The number of benzene rings is 2. The Hall–Kier alpha value is -2.62. The fraction of sp³-hybridized carbons (Fsp3) is 0.333. The third-order valence-corrected chi connectivity index (χ3v) is 7.03. The van der Waals surface area contributed by atoms with E-state index >= 15 is 0 Å². The first-order valence-electron chi connectivity index (χ1n) is 9.75. The number of hydrogen-bond acceptors (Lipinski definition) is 6. The highest BCUT2D eigenvalue weighted by atomic mass is 35.5. The molecular weight excluding hydrogens is 440 g/mol. The van der Waals surface area contributed by atoms with E-state index in [1.807, 2.05) is 7.05 Å². The van der Waals surface area contributed by atoms with Crippen molar-refractivity contribution in [2.45, 2.75) is 17.7 Å². The number of rotatable bonds is 7. The third kappa shape index (κ3) is 5.75. The fourth-order valence-corrected chi connectivity index (χ4v) is 4.83. The number of anilines is 1. The molecule has 0 bridgehead atoms. The molecule has 1 heterocycles. The first-order valence-corrected chi connectivity index (χ1v) is 11.6. The number of likely N-dealkylation sites (tertiary alicyclic amines) is 1. The Bertz CT molecular complexity index is 1050. The zero-order valence-corrected chi connectivity index (χ0v) is 19.0. The van der Waals surface area contributed by atoms with Crippen LogP contribution in [0.1, 0.15) is 12.8 Å². The lowest BCUT2D eigenvalue weighted by atomic mass is 10.1. The van der Waals surface area contributed by atoms with E-state index in [0.29, 0.717) is 5.75 Å². The van der Waals surface area contributed by atoms with Gasteiger partial charge in [0.05, 0.1) is 22.7 Å². The summed E-state index contributed by atoms with van der Waals surface area (Å²) < 4.78 is 32.8. The van der Waals surface area contributed by atoms with Gasteiger partial charge >= 0.3 is 0 Å². The van der Waals surface area contributed by atoms with Crippen molar-refractivity contribution in [1.29, 1.82) is 0 Å². The van der Waals surface area contributed by atoms with Gasteiger partial charge in [0.1, 0.15) is 12.3 Å². The molecule has 2 aromatic rings. The number of halogens is 1. The molecule has 1 amide bonds. The normalized spacial score (nSPS) is 14.7. The highest BCUT2D eigenvalue weighted by molar-refractivity contribution is 7.92. The van der Waals surface area contributed by atoms with Crippen molar-refractivity contribution in [2.75, 3.05) is 38.1 Å². The number of piperidine rings is 1. The molecule has 1 fully saturated rings. The summed E-state index contributed by atoms with van der Waals surface area (Å²) >= 11 is 6.21. The molecule has 8 nitrogen and oxygen atoms in total. The smallest absolute Gasteiger partial charge is 0.264 e. The van der Waals surface area contributed by atoms with Gasteiger partial charge in [0.25, 0.3) is 15.9 Å². The first kappa shape index (κ1) is 23.1. The van der Waals surface area contributed by atoms with E-state index in [1.165, 1.54) is 25.3 Å². The minimum atomic E-state index is -4.02. The summed E-state index contributed by atoms with van der Waals surface area (Å²) in [5, 5.41) is 4.42. The summed E-state index contributed by atoms with van der Waals surface area (Å²) in [6.07, 6.45) is 1.52. The van der Waals surface area contributed by atoms with E-state index in [1.54, 1.807) is 30.3 Å². The van der Waals surface area contributed by atoms with Crippen LogP contribution < -0.4 is 14.5 Å². The summed E-state index contributed by atoms with van der Waals surface area (Å²) in [5.74, 6) is -0.140. The van der Waals surface area contributed by atoms with Crippen LogP contribution in [0.4, 0.5) is 5.69 Å². The van der Waals surface area contributed by atoms with Gasteiger partial charge in [0.15, 0.2) is 0 Å². The van der Waals surface area contributed by atoms with Crippen LogP contribution in [0.2, 0.25) is 5.02 Å². The van der Waals surface area contributed by atoms with Gasteiger partial charge in [-0.25, -0.2) is 13.8 Å². The van der Waals surface area contributed by atoms with Gasteiger partial charge in [-0.05, 0) is 37.4 Å². The minimum Gasteiger partial charge on any atom is -0.495 e. The molecule has 0 radical (unpaired) electrons. The maximum absolute atomic E-state index is 13.3. The molecule has 3 rings (SSSR count). The predicted molar refractivity (Wildman–Crippen MR) is 121 cm³/mol. The van der Waals surface area contributed by atoms with Gasteiger partial charge in [-0.3, -0.25) is 9.10 Å². The molecule has 1 saturated heterocycles. The topological polar surface area (TPSA) is 91.3 Å². The monoisotopic (exact) mass is 464 g/mol. The number of carbonyl (C=O) groups excluding carboxylic acids is 1. The average molecular weight is 465 g/mol. The molecule has 10 heteroatoms. The molecule has 1 aliphatic rings. The molecule has 1 N–H and O–H groups in total. The molecule has 0 saturated carbocycles. The van der Waals surface area contributed by atoms with E-state index < -0.39 is 22.5 Å². The summed E-state index contributed by atoms with van der Waals surface area (Å²) in [5.41, 5.74) is 3.63. The maximum atomic E-state index is 13.3. The fourth-order valence-electron chi connectivity index (χ4n) is 3.14. The number of carbonyl (C=O) groups is 1. The predicted octanol–water partition coefficient (Wildman–Crippen LogP) is 2.74. The zero-order chi connectivity index (χ0) is 22.4. The van der Waals surface area contributed by atoms with Crippen molar-refractivity contribution < 1.29 is 17.9 Å². The molecule has 0 aliphatic carbocycles. The van der Waals surface area contributed by atoms with Crippen molar-refractivity contribution in [2.24, 2.45) is 5.10 Å². The largest absolute Gasteiger partial charge is 0.495 e. The lowest BCUT2D eigenvalue weighted by molar-refractivity contribution is -0.119. The van der Waals surface area contributed by atoms with E-state index in [0.717, 1.165) is 35.9 Å². The Morgan fingerprint density at radius 3 is 2.48 bits per heavy atom.